The normalized spacial score (nSPS) is 11.0. The van der Waals surface area contributed by atoms with Gasteiger partial charge in [0.2, 0.25) is 5.91 Å². The number of hydrogen-bond donors (Lipinski definition) is 2. The summed E-state index contributed by atoms with van der Waals surface area (Å²) in [4.78, 5) is 15.2. The lowest BCUT2D eigenvalue weighted by Crippen LogP contribution is -2.25. The monoisotopic (exact) mass is 310 g/mol. The fourth-order valence-corrected chi connectivity index (χ4v) is 2.76. The maximum Gasteiger partial charge on any atom is 0.220 e. The first-order chi connectivity index (χ1) is 11.2. The zero-order valence-electron chi connectivity index (χ0n) is 13.4. The third-order valence-corrected chi connectivity index (χ3v) is 4.09. The van der Waals surface area contributed by atoms with Crippen molar-refractivity contribution in [1.29, 1.82) is 0 Å². The average molecular weight is 310 g/mol. The first-order valence-electron chi connectivity index (χ1n) is 8.04. The van der Waals surface area contributed by atoms with Crippen LogP contribution in [-0.2, 0) is 17.8 Å². The third-order valence-electron chi connectivity index (χ3n) is 4.09. The van der Waals surface area contributed by atoms with E-state index in [-0.39, 0.29) is 5.91 Å². The third kappa shape index (κ3) is 3.80. The van der Waals surface area contributed by atoms with Gasteiger partial charge in [0, 0.05) is 48.5 Å². The molecular formula is C18H22N4O. The van der Waals surface area contributed by atoms with Crippen LogP contribution in [0.1, 0.15) is 24.1 Å². The van der Waals surface area contributed by atoms with Gasteiger partial charge >= 0.3 is 0 Å². The molecule has 3 rings (SSSR count). The van der Waals surface area contributed by atoms with Crippen LogP contribution in [0.4, 0.5) is 0 Å². The number of nitrogens with zero attached hydrogens (tertiary/aromatic N) is 2. The summed E-state index contributed by atoms with van der Waals surface area (Å²) < 4.78 is 1.96. The Morgan fingerprint density at radius 3 is 3.00 bits per heavy atom. The summed E-state index contributed by atoms with van der Waals surface area (Å²) in [6.07, 6.45) is 5.96. The van der Waals surface area contributed by atoms with Gasteiger partial charge in [-0.3, -0.25) is 9.48 Å². The number of para-hydroxylation sites is 1. The van der Waals surface area contributed by atoms with Crippen molar-refractivity contribution in [1.82, 2.24) is 20.1 Å². The van der Waals surface area contributed by atoms with Crippen LogP contribution < -0.4 is 5.32 Å². The predicted molar refractivity (Wildman–Crippen MR) is 91.2 cm³/mol. The zero-order chi connectivity index (χ0) is 16.1. The molecule has 2 heterocycles. The Labute approximate surface area is 135 Å². The van der Waals surface area contributed by atoms with Gasteiger partial charge in [-0.1, -0.05) is 18.2 Å². The van der Waals surface area contributed by atoms with E-state index in [0.29, 0.717) is 13.0 Å². The number of nitrogens with one attached hydrogen (secondary N) is 2. The molecule has 23 heavy (non-hydrogen) atoms. The topological polar surface area (TPSA) is 62.7 Å². The summed E-state index contributed by atoms with van der Waals surface area (Å²) in [5.74, 6) is 0.104. The van der Waals surface area contributed by atoms with E-state index < -0.39 is 0 Å². The molecule has 5 heteroatoms. The second-order valence-electron chi connectivity index (χ2n) is 5.76. The van der Waals surface area contributed by atoms with Crippen LogP contribution in [0.25, 0.3) is 10.9 Å². The van der Waals surface area contributed by atoms with E-state index in [1.54, 1.807) is 6.20 Å². The molecule has 0 spiro atoms. The molecule has 2 N–H and O–H groups in total. The summed E-state index contributed by atoms with van der Waals surface area (Å²) in [7, 11) is 0. The van der Waals surface area contributed by atoms with E-state index in [4.69, 9.17) is 0 Å². The van der Waals surface area contributed by atoms with Crippen molar-refractivity contribution >= 4 is 16.8 Å². The molecule has 1 amide bonds. The maximum atomic E-state index is 12.0. The lowest BCUT2D eigenvalue weighted by Gasteiger charge is -2.06. The first kappa shape index (κ1) is 15.3. The molecule has 0 unspecified atom stereocenters. The van der Waals surface area contributed by atoms with E-state index in [0.717, 1.165) is 30.6 Å². The molecule has 0 aliphatic carbocycles. The smallest absolute Gasteiger partial charge is 0.220 e. The van der Waals surface area contributed by atoms with Crippen LogP contribution in [0.2, 0.25) is 0 Å². The Kier molecular flexibility index (Phi) is 4.76. The molecule has 120 valence electrons. The number of benzene rings is 1. The van der Waals surface area contributed by atoms with Crippen molar-refractivity contribution in [2.24, 2.45) is 0 Å². The summed E-state index contributed by atoms with van der Waals surface area (Å²) in [6.45, 7) is 3.56. The standard InChI is InChI=1S/C18H22N4O/c1-14-9-11-21-22(14)12-4-10-19-18(23)8-7-15-13-20-17-6-3-2-5-16(15)17/h2-3,5-6,9,11,13,20H,4,7-8,10,12H2,1H3,(H,19,23). The maximum absolute atomic E-state index is 12.0. The Balaban J connectivity index is 1.40. The second kappa shape index (κ2) is 7.13. The van der Waals surface area contributed by atoms with Gasteiger partial charge in [0.15, 0.2) is 0 Å². The van der Waals surface area contributed by atoms with Crippen molar-refractivity contribution in [3.05, 3.63) is 54.0 Å². The highest BCUT2D eigenvalue weighted by atomic mass is 16.1. The summed E-state index contributed by atoms with van der Waals surface area (Å²) in [5.41, 5.74) is 3.47. The number of aryl methyl sites for hydroxylation is 3. The van der Waals surface area contributed by atoms with E-state index >= 15 is 0 Å². The van der Waals surface area contributed by atoms with E-state index in [2.05, 4.69) is 27.5 Å². The fraction of sp³-hybridized carbons (Fsp3) is 0.333. The van der Waals surface area contributed by atoms with Crippen LogP contribution in [0.3, 0.4) is 0 Å². The molecule has 0 atom stereocenters. The lowest BCUT2D eigenvalue weighted by atomic mass is 10.1. The average Bonchev–Trinajstić information content (AvgIpc) is 3.16. The SMILES string of the molecule is Cc1ccnn1CCCNC(=O)CCc1c[nH]c2ccccc12. The van der Waals surface area contributed by atoms with Gasteiger partial charge in [-0.05, 0) is 37.5 Å². The molecule has 0 fully saturated rings. The molecule has 0 aliphatic rings. The fourth-order valence-electron chi connectivity index (χ4n) is 2.76. The predicted octanol–water partition coefficient (Wildman–Crippen LogP) is 2.81. The Bertz CT molecular complexity index is 787. The van der Waals surface area contributed by atoms with Crippen LogP contribution in [0.15, 0.2) is 42.7 Å². The number of aromatic nitrogens is 3. The minimum absolute atomic E-state index is 0.104. The minimum Gasteiger partial charge on any atom is -0.361 e. The molecule has 0 aliphatic heterocycles. The molecule has 1 aromatic carbocycles. The number of carbonyl (C=O) groups excluding carboxylic acids is 1. The summed E-state index contributed by atoms with van der Waals surface area (Å²) >= 11 is 0. The Morgan fingerprint density at radius 1 is 1.30 bits per heavy atom. The van der Waals surface area contributed by atoms with E-state index in [1.165, 1.54) is 10.9 Å². The number of H-pyrrole nitrogens is 1. The van der Waals surface area contributed by atoms with Crippen LogP contribution in [0.5, 0.6) is 0 Å². The number of carbonyl (C=O) groups is 1. The largest absolute Gasteiger partial charge is 0.361 e. The van der Waals surface area contributed by atoms with Crippen LogP contribution in [0, 0.1) is 6.92 Å². The Morgan fingerprint density at radius 2 is 2.17 bits per heavy atom. The molecule has 0 saturated heterocycles. The highest BCUT2D eigenvalue weighted by Gasteiger charge is 2.06. The number of aromatic amines is 1. The molecule has 0 saturated carbocycles. The van der Waals surface area contributed by atoms with Gasteiger partial charge in [0.05, 0.1) is 0 Å². The minimum atomic E-state index is 0.104. The summed E-state index contributed by atoms with van der Waals surface area (Å²) in [5, 5.41) is 8.42. The van der Waals surface area contributed by atoms with Gasteiger partial charge in [0.1, 0.15) is 0 Å². The van der Waals surface area contributed by atoms with Gasteiger partial charge in [0.25, 0.3) is 0 Å². The van der Waals surface area contributed by atoms with Crippen molar-refractivity contribution in [3.8, 4) is 0 Å². The molecule has 3 aromatic rings. The molecule has 0 radical (unpaired) electrons. The van der Waals surface area contributed by atoms with Crippen LogP contribution in [-0.4, -0.2) is 27.2 Å². The molecule has 5 nitrogen and oxygen atoms in total. The highest BCUT2D eigenvalue weighted by Crippen LogP contribution is 2.18. The van der Waals surface area contributed by atoms with Gasteiger partial charge in [-0.2, -0.15) is 5.10 Å². The second-order valence-corrected chi connectivity index (χ2v) is 5.76. The van der Waals surface area contributed by atoms with Crippen molar-refractivity contribution in [2.45, 2.75) is 32.7 Å². The Hall–Kier alpha value is -2.56. The lowest BCUT2D eigenvalue weighted by molar-refractivity contribution is -0.121. The van der Waals surface area contributed by atoms with Gasteiger partial charge in [-0.15, -0.1) is 0 Å². The van der Waals surface area contributed by atoms with E-state index in [9.17, 15) is 4.79 Å². The van der Waals surface area contributed by atoms with Gasteiger partial charge in [-0.25, -0.2) is 0 Å². The quantitative estimate of drug-likeness (QED) is 0.659. The number of rotatable bonds is 7. The van der Waals surface area contributed by atoms with Crippen molar-refractivity contribution in [2.75, 3.05) is 6.54 Å². The van der Waals surface area contributed by atoms with Gasteiger partial charge < -0.3 is 10.3 Å². The van der Waals surface area contributed by atoms with E-state index in [1.807, 2.05) is 36.0 Å². The van der Waals surface area contributed by atoms with Crippen molar-refractivity contribution in [3.63, 3.8) is 0 Å². The number of fused-ring (bicyclic) bond motifs is 1. The molecule has 2 aromatic heterocycles. The first-order valence-corrected chi connectivity index (χ1v) is 8.04. The highest BCUT2D eigenvalue weighted by molar-refractivity contribution is 5.84. The number of amides is 1. The molecule has 0 bridgehead atoms. The van der Waals surface area contributed by atoms with Crippen molar-refractivity contribution < 1.29 is 4.79 Å². The number of hydrogen-bond acceptors (Lipinski definition) is 2. The molecular weight excluding hydrogens is 288 g/mol. The summed E-state index contributed by atoms with van der Waals surface area (Å²) in [6, 6.07) is 10.2. The zero-order valence-corrected chi connectivity index (χ0v) is 13.4. The van der Waals surface area contributed by atoms with Crippen LogP contribution >= 0.6 is 0 Å².